The van der Waals surface area contributed by atoms with Gasteiger partial charge < -0.3 is 5.11 Å². The number of sulfonamides is 1. The van der Waals surface area contributed by atoms with E-state index in [0.717, 1.165) is 0 Å². The molecule has 0 radical (unpaired) electrons. The van der Waals surface area contributed by atoms with Crippen LogP contribution in [0.25, 0.3) is 0 Å². The highest BCUT2D eigenvalue weighted by atomic mass is 35.5. The summed E-state index contributed by atoms with van der Waals surface area (Å²) in [5, 5.41) is 8.66. The van der Waals surface area contributed by atoms with Crippen molar-refractivity contribution in [3.05, 3.63) is 28.2 Å². The van der Waals surface area contributed by atoms with Gasteiger partial charge in [-0.1, -0.05) is 36.2 Å². The molecule has 0 saturated heterocycles. The second-order valence-electron chi connectivity index (χ2n) is 4.44. The maximum atomic E-state index is 12.1. The minimum Gasteiger partial charge on any atom is -0.481 e. The topological polar surface area (TPSA) is 83.5 Å². The number of nitrogens with one attached hydrogen (secondary N) is 1. The Hall–Kier alpha value is -0.820. The molecule has 0 aliphatic carbocycles. The average Bonchev–Trinajstić information content (AvgIpc) is 2.33. The van der Waals surface area contributed by atoms with Crippen molar-refractivity contribution in [1.82, 2.24) is 4.72 Å². The van der Waals surface area contributed by atoms with E-state index in [1.165, 1.54) is 12.1 Å². The van der Waals surface area contributed by atoms with Crippen LogP contribution in [0.15, 0.2) is 23.1 Å². The summed E-state index contributed by atoms with van der Waals surface area (Å²) < 4.78 is 26.6. The second-order valence-corrected chi connectivity index (χ2v) is 6.96. The van der Waals surface area contributed by atoms with Crippen LogP contribution >= 0.6 is 23.2 Å². The molecule has 1 unspecified atom stereocenters. The Kier molecular flexibility index (Phi) is 6.26. The Morgan fingerprint density at radius 3 is 2.40 bits per heavy atom. The number of rotatable bonds is 7. The predicted octanol–water partition coefficient (Wildman–Crippen LogP) is 2.77. The van der Waals surface area contributed by atoms with Gasteiger partial charge in [-0.25, -0.2) is 13.1 Å². The summed E-state index contributed by atoms with van der Waals surface area (Å²) >= 11 is 11.7. The van der Waals surface area contributed by atoms with E-state index >= 15 is 0 Å². The highest BCUT2D eigenvalue weighted by Gasteiger charge is 2.21. The quantitative estimate of drug-likeness (QED) is 0.799. The molecule has 0 aliphatic rings. The van der Waals surface area contributed by atoms with Gasteiger partial charge in [0.25, 0.3) is 0 Å². The molecule has 0 heterocycles. The molecule has 0 spiro atoms. The third-order valence-corrected chi connectivity index (χ3v) is 5.04. The zero-order valence-corrected chi connectivity index (χ0v) is 13.1. The predicted molar refractivity (Wildman–Crippen MR) is 77.7 cm³/mol. The van der Waals surface area contributed by atoms with E-state index in [2.05, 4.69) is 4.72 Å². The third-order valence-electron chi connectivity index (χ3n) is 2.66. The third kappa shape index (κ3) is 4.94. The van der Waals surface area contributed by atoms with Crippen LogP contribution in [0.1, 0.15) is 19.8 Å². The van der Waals surface area contributed by atoms with Crippen molar-refractivity contribution in [3.63, 3.8) is 0 Å². The van der Waals surface area contributed by atoms with Gasteiger partial charge in [0.2, 0.25) is 10.0 Å². The van der Waals surface area contributed by atoms with Crippen molar-refractivity contribution in [2.45, 2.75) is 24.7 Å². The van der Waals surface area contributed by atoms with Crippen LogP contribution in [0.5, 0.6) is 0 Å². The van der Waals surface area contributed by atoms with Crippen LogP contribution in [0.2, 0.25) is 10.0 Å². The number of benzene rings is 1. The zero-order valence-electron chi connectivity index (χ0n) is 10.8. The number of aliphatic carboxylic acids is 1. The Balaban J connectivity index is 2.74. The van der Waals surface area contributed by atoms with Crippen molar-refractivity contribution in [2.24, 2.45) is 5.92 Å². The Morgan fingerprint density at radius 2 is 1.90 bits per heavy atom. The van der Waals surface area contributed by atoms with Gasteiger partial charge in [0.05, 0.1) is 10.0 Å². The molecule has 5 nitrogen and oxygen atoms in total. The lowest BCUT2D eigenvalue weighted by Crippen LogP contribution is -2.29. The van der Waals surface area contributed by atoms with E-state index in [1.54, 1.807) is 13.0 Å². The number of carboxylic acids is 1. The molecule has 112 valence electrons. The van der Waals surface area contributed by atoms with Crippen LogP contribution in [0.4, 0.5) is 0 Å². The summed E-state index contributed by atoms with van der Waals surface area (Å²) in [7, 11) is -3.82. The van der Waals surface area contributed by atoms with E-state index in [0.29, 0.717) is 6.42 Å². The molecule has 20 heavy (non-hydrogen) atoms. The van der Waals surface area contributed by atoms with Gasteiger partial charge in [0.1, 0.15) is 4.90 Å². The van der Waals surface area contributed by atoms with Gasteiger partial charge in [-0.2, -0.15) is 0 Å². The van der Waals surface area contributed by atoms with E-state index < -0.39 is 16.0 Å². The molecule has 1 atom stereocenters. The molecule has 0 amide bonds. The molecule has 0 bridgehead atoms. The van der Waals surface area contributed by atoms with Crippen molar-refractivity contribution < 1.29 is 18.3 Å². The van der Waals surface area contributed by atoms with Crippen LogP contribution in [-0.2, 0) is 14.8 Å². The van der Waals surface area contributed by atoms with E-state index in [-0.39, 0.29) is 33.8 Å². The van der Waals surface area contributed by atoms with Gasteiger partial charge in [-0.05, 0) is 24.5 Å². The lowest BCUT2D eigenvalue weighted by atomic mass is 10.1. The summed E-state index contributed by atoms with van der Waals surface area (Å²) in [4.78, 5) is 10.3. The number of carbonyl (C=O) groups is 1. The van der Waals surface area contributed by atoms with Gasteiger partial charge in [0, 0.05) is 13.0 Å². The molecule has 1 aromatic carbocycles. The Labute approximate surface area is 127 Å². The number of halogens is 2. The first-order valence-corrected chi connectivity index (χ1v) is 8.13. The molecule has 1 aromatic rings. The number of carboxylic acid groups (broad SMARTS) is 1. The van der Waals surface area contributed by atoms with Gasteiger partial charge in [0.15, 0.2) is 0 Å². The van der Waals surface area contributed by atoms with Gasteiger partial charge >= 0.3 is 5.97 Å². The van der Waals surface area contributed by atoms with Crippen molar-refractivity contribution in [2.75, 3.05) is 6.54 Å². The van der Waals surface area contributed by atoms with Gasteiger partial charge in [-0.15, -0.1) is 0 Å². The van der Waals surface area contributed by atoms with Crippen molar-refractivity contribution >= 4 is 39.2 Å². The smallest absolute Gasteiger partial charge is 0.303 e. The molecule has 0 saturated carbocycles. The molecule has 0 aromatic heterocycles. The van der Waals surface area contributed by atoms with Crippen molar-refractivity contribution in [1.29, 1.82) is 0 Å². The first-order chi connectivity index (χ1) is 9.24. The first-order valence-electron chi connectivity index (χ1n) is 5.89. The summed E-state index contributed by atoms with van der Waals surface area (Å²) in [6.07, 6.45) is 0.379. The Bertz CT molecular complexity index is 569. The fraction of sp³-hybridized carbons (Fsp3) is 0.417. The average molecular weight is 340 g/mol. The van der Waals surface area contributed by atoms with Crippen LogP contribution in [0, 0.1) is 5.92 Å². The molecule has 0 aliphatic heterocycles. The molecule has 2 N–H and O–H groups in total. The minimum atomic E-state index is -3.82. The molecule has 0 fully saturated rings. The molecule has 1 rings (SSSR count). The van der Waals surface area contributed by atoms with E-state index in [9.17, 15) is 13.2 Å². The lowest BCUT2D eigenvalue weighted by Gasteiger charge is -2.13. The van der Waals surface area contributed by atoms with E-state index in [1.807, 2.05) is 0 Å². The minimum absolute atomic E-state index is 0.00422. The van der Waals surface area contributed by atoms with Gasteiger partial charge in [-0.3, -0.25) is 4.79 Å². The monoisotopic (exact) mass is 339 g/mol. The zero-order chi connectivity index (χ0) is 15.3. The fourth-order valence-electron chi connectivity index (χ4n) is 1.54. The highest BCUT2D eigenvalue weighted by Crippen LogP contribution is 2.28. The van der Waals surface area contributed by atoms with Crippen LogP contribution in [0.3, 0.4) is 0 Å². The Morgan fingerprint density at radius 1 is 1.35 bits per heavy atom. The normalized spacial score (nSPS) is 13.2. The highest BCUT2D eigenvalue weighted by molar-refractivity contribution is 7.89. The number of hydrogen-bond donors (Lipinski definition) is 2. The maximum Gasteiger partial charge on any atom is 0.303 e. The van der Waals surface area contributed by atoms with Crippen molar-refractivity contribution in [3.8, 4) is 0 Å². The summed E-state index contributed by atoms with van der Waals surface area (Å²) in [6, 6.07) is 4.44. The first kappa shape index (κ1) is 17.2. The maximum absolute atomic E-state index is 12.1. The van der Waals surface area contributed by atoms with Crippen LogP contribution in [-0.4, -0.2) is 26.0 Å². The standard InChI is InChI=1S/C12H15Cl2NO4S/c1-8(5-6-11(16)17)7-15-20(18,19)12-9(13)3-2-4-10(12)14/h2-4,8,15H,5-7H2,1H3,(H,16,17). The van der Waals surface area contributed by atoms with E-state index in [4.69, 9.17) is 28.3 Å². The number of hydrogen-bond acceptors (Lipinski definition) is 3. The second kappa shape index (κ2) is 7.26. The van der Waals surface area contributed by atoms with Crippen LogP contribution < -0.4 is 4.72 Å². The SMILES string of the molecule is CC(CCC(=O)O)CNS(=O)(=O)c1c(Cl)cccc1Cl. The summed E-state index contributed by atoms with van der Waals surface area (Å²) in [6.45, 7) is 1.89. The molecular formula is C12H15Cl2NO4S. The molecular weight excluding hydrogens is 325 g/mol. The fourth-order valence-corrected chi connectivity index (χ4v) is 3.84. The summed E-state index contributed by atoms with van der Waals surface area (Å²) in [5.41, 5.74) is 0. The summed E-state index contributed by atoms with van der Waals surface area (Å²) in [5.74, 6) is -1.02. The largest absolute Gasteiger partial charge is 0.481 e. The lowest BCUT2D eigenvalue weighted by molar-refractivity contribution is -0.137. The molecule has 8 heteroatoms.